The van der Waals surface area contributed by atoms with E-state index in [0.29, 0.717) is 17.2 Å². The van der Waals surface area contributed by atoms with E-state index in [1.165, 1.54) is 37.2 Å². The summed E-state index contributed by atoms with van der Waals surface area (Å²) in [6, 6.07) is 8.71. The third-order valence-corrected chi connectivity index (χ3v) is 6.23. The number of nitrogens with one attached hydrogen (secondary N) is 1. The van der Waals surface area contributed by atoms with Gasteiger partial charge in [-0.25, -0.2) is 28.7 Å². The van der Waals surface area contributed by atoms with E-state index < -0.39 is 23.2 Å². The highest BCUT2D eigenvalue weighted by Crippen LogP contribution is 2.37. The fourth-order valence-corrected chi connectivity index (χ4v) is 4.19. The molecule has 0 atom stereocenters. The second-order valence-electron chi connectivity index (χ2n) is 8.78. The zero-order chi connectivity index (χ0) is 29.1. The smallest absolute Gasteiger partial charge is 0.313 e. The van der Waals surface area contributed by atoms with Gasteiger partial charge in [0.05, 0.1) is 57.0 Å². The van der Waals surface area contributed by atoms with Crippen molar-refractivity contribution in [1.82, 2.24) is 24.5 Å². The number of anilines is 2. The van der Waals surface area contributed by atoms with Crippen LogP contribution < -0.4 is 14.8 Å². The molecule has 0 unspecified atom stereocenters. The number of ether oxygens (including phenoxy) is 3. The molecule has 2 aromatic carbocycles. The summed E-state index contributed by atoms with van der Waals surface area (Å²) >= 11 is 0. The Morgan fingerprint density at radius 2 is 1.76 bits per heavy atom. The quantitative estimate of drug-likeness (QED) is 0.249. The lowest BCUT2D eigenvalue weighted by atomic mass is 10.1. The number of aromatic hydroxyl groups is 1. The van der Waals surface area contributed by atoms with Gasteiger partial charge < -0.3 is 29.2 Å². The van der Waals surface area contributed by atoms with E-state index in [2.05, 4.69) is 30.0 Å². The summed E-state index contributed by atoms with van der Waals surface area (Å²) in [6.45, 7) is 0.170. The molecule has 5 rings (SSSR count). The van der Waals surface area contributed by atoms with Gasteiger partial charge in [-0.2, -0.15) is 0 Å². The van der Waals surface area contributed by atoms with Crippen molar-refractivity contribution in [2.75, 3.05) is 26.6 Å². The minimum Gasteiger partial charge on any atom is -0.497 e. The van der Waals surface area contributed by atoms with Crippen LogP contribution in [0.4, 0.5) is 20.3 Å². The van der Waals surface area contributed by atoms with Gasteiger partial charge in [-0.3, -0.25) is 4.79 Å². The summed E-state index contributed by atoms with van der Waals surface area (Å²) in [4.78, 5) is 28.5. The summed E-state index contributed by atoms with van der Waals surface area (Å²) < 4.78 is 46.3. The minimum absolute atomic E-state index is 0.0508. The summed E-state index contributed by atoms with van der Waals surface area (Å²) in [5, 5.41) is 14.4. The summed E-state index contributed by atoms with van der Waals surface area (Å²) in [5.41, 5.74) is 0.850. The van der Waals surface area contributed by atoms with Gasteiger partial charge in [-0.15, -0.1) is 0 Å². The standard InChI is InChI=1S/C28H24F2N6O5/c1-39-17-8-7-15(21(9-17)40-2)13-36-14-20-25(28(36)38)27(33-16-11-31-22(32-12-16)10-23(37)41-3)35-26(34-20)24-18(29)5-4-6-19(24)30/h4-9,11-12,14,38H,10,13H2,1-3H3,(H,33,34,35). The van der Waals surface area contributed by atoms with Crippen LogP contribution >= 0.6 is 0 Å². The summed E-state index contributed by atoms with van der Waals surface area (Å²) in [6.07, 6.45) is 4.22. The third kappa shape index (κ3) is 5.55. The second-order valence-corrected chi connectivity index (χ2v) is 8.78. The number of methoxy groups -OCH3 is 3. The Hall–Kier alpha value is -5.33. The van der Waals surface area contributed by atoms with E-state index in [9.17, 15) is 18.7 Å². The van der Waals surface area contributed by atoms with Crippen molar-refractivity contribution in [2.45, 2.75) is 13.0 Å². The molecule has 0 amide bonds. The Balaban J connectivity index is 1.60. The molecule has 0 saturated carbocycles. The van der Waals surface area contributed by atoms with Crippen molar-refractivity contribution in [2.24, 2.45) is 0 Å². The van der Waals surface area contributed by atoms with Gasteiger partial charge in [0.2, 0.25) is 5.88 Å². The first-order valence-corrected chi connectivity index (χ1v) is 12.2. The van der Waals surface area contributed by atoms with Crippen LogP contribution in [0.5, 0.6) is 17.4 Å². The van der Waals surface area contributed by atoms with Crippen molar-refractivity contribution in [3.05, 3.63) is 78.0 Å². The molecule has 3 heterocycles. The number of hydrogen-bond donors (Lipinski definition) is 2. The van der Waals surface area contributed by atoms with Gasteiger partial charge in [0, 0.05) is 17.8 Å². The number of aromatic nitrogens is 5. The Bertz CT molecular complexity index is 1720. The molecular formula is C28H24F2N6O5. The van der Waals surface area contributed by atoms with E-state index >= 15 is 0 Å². The number of esters is 1. The van der Waals surface area contributed by atoms with E-state index in [0.717, 1.165) is 17.7 Å². The van der Waals surface area contributed by atoms with Crippen molar-refractivity contribution < 1.29 is 32.9 Å². The van der Waals surface area contributed by atoms with Gasteiger partial charge in [0.15, 0.2) is 5.82 Å². The van der Waals surface area contributed by atoms with Crippen LogP contribution in [0.25, 0.3) is 22.3 Å². The third-order valence-electron chi connectivity index (χ3n) is 6.23. The maximum absolute atomic E-state index is 14.7. The number of nitrogens with zero attached hydrogens (tertiary/aromatic N) is 5. The first-order valence-electron chi connectivity index (χ1n) is 12.2. The van der Waals surface area contributed by atoms with Crippen LogP contribution in [0.15, 0.2) is 55.0 Å². The van der Waals surface area contributed by atoms with Gasteiger partial charge in [0.1, 0.15) is 46.6 Å². The first-order chi connectivity index (χ1) is 19.8. The molecule has 2 N–H and O–H groups in total. The zero-order valence-corrected chi connectivity index (χ0v) is 22.2. The molecular weight excluding hydrogens is 538 g/mol. The summed E-state index contributed by atoms with van der Waals surface area (Å²) in [5.74, 6) is -1.23. The van der Waals surface area contributed by atoms with Crippen molar-refractivity contribution in [1.29, 1.82) is 0 Å². The number of benzene rings is 2. The van der Waals surface area contributed by atoms with Gasteiger partial charge >= 0.3 is 5.97 Å². The van der Waals surface area contributed by atoms with Crippen molar-refractivity contribution in [3.8, 4) is 28.8 Å². The molecule has 11 nitrogen and oxygen atoms in total. The molecule has 0 saturated heterocycles. The average Bonchev–Trinajstić information content (AvgIpc) is 3.28. The Morgan fingerprint density at radius 3 is 2.41 bits per heavy atom. The Kier molecular flexibility index (Phi) is 7.59. The lowest BCUT2D eigenvalue weighted by Gasteiger charge is -2.12. The number of carbonyl (C=O) groups is 1. The molecule has 210 valence electrons. The molecule has 0 bridgehead atoms. The highest BCUT2D eigenvalue weighted by Gasteiger charge is 2.22. The molecule has 13 heteroatoms. The molecule has 0 aliphatic heterocycles. The molecule has 0 radical (unpaired) electrons. The molecule has 5 aromatic rings. The fourth-order valence-electron chi connectivity index (χ4n) is 4.19. The molecule has 0 aliphatic rings. The molecule has 41 heavy (non-hydrogen) atoms. The SMILES string of the molecule is COC(=O)Cc1ncc(Nc2nc(-c3c(F)cccc3F)nc3cn(Cc4ccc(OC)cc4OC)c(O)c23)cn1. The molecule has 0 spiro atoms. The van der Waals surface area contributed by atoms with E-state index in [1.807, 2.05) is 0 Å². The average molecular weight is 563 g/mol. The highest BCUT2D eigenvalue weighted by molar-refractivity contribution is 5.96. The number of rotatable bonds is 9. The minimum atomic E-state index is -0.850. The maximum atomic E-state index is 14.7. The topological polar surface area (TPSA) is 134 Å². The summed E-state index contributed by atoms with van der Waals surface area (Å²) in [7, 11) is 4.32. The maximum Gasteiger partial charge on any atom is 0.313 e. The van der Waals surface area contributed by atoms with Crippen molar-refractivity contribution in [3.63, 3.8) is 0 Å². The van der Waals surface area contributed by atoms with Crippen LogP contribution in [0.1, 0.15) is 11.4 Å². The van der Waals surface area contributed by atoms with Gasteiger partial charge in [-0.05, 0) is 24.3 Å². The van der Waals surface area contributed by atoms with Crippen LogP contribution in [-0.4, -0.2) is 56.9 Å². The largest absolute Gasteiger partial charge is 0.497 e. The number of hydrogen-bond acceptors (Lipinski definition) is 10. The predicted octanol–water partition coefficient (Wildman–Crippen LogP) is 4.40. The second kappa shape index (κ2) is 11.4. The van der Waals surface area contributed by atoms with Gasteiger partial charge in [-0.1, -0.05) is 6.07 Å². The van der Waals surface area contributed by atoms with Crippen LogP contribution in [0.3, 0.4) is 0 Å². The van der Waals surface area contributed by atoms with Crippen molar-refractivity contribution >= 4 is 28.4 Å². The Morgan fingerprint density at radius 1 is 1.02 bits per heavy atom. The predicted molar refractivity (Wildman–Crippen MR) is 144 cm³/mol. The van der Waals surface area contributed by atoms with Crippen LogP contribution in [-0.2, 0) is 22.5 Å². The fraction of sp³-hybridized carbons (Fsp3) is 0.179. The van der Waals surface area contributed by atoms with E-state index in [-0.39, 0.29) is 47.2 Å². The van der Waals surface area contributed by atoms with E-state index in [4.69, 9.17) is 9.47 Å². The van der Waals surface area contributed by atoms with Gasteiger partial charge in [0.25, 0.3) is 0 Å². The number of carbonyl (C=O) groups excluding carboxylic acids is 1. The molecule has 3 aromatic heterocycles. The van der Waals surface area contributed by atoms with Crippen LogP contribution in [0, 0.1) is 11.6 Å². The first kappa shape index (κ1) is 27.2. The monoisotopic (exact) mass is 562 g/mol. The molecule has 0 aliphatic carbocycles. The zero-order valence-electron chi connectivity index (χ0n) is 22.2. The number of halogens is 2. The Labute approximate surface area is 232 Å². The number of fused-ring (bicyclic) bond motifs is 1. The highest BCUT2D eigenvalue weighted by atomic mass is 19.1. The molecule has 0 fully saturated rings. The lowest BCUT2D eigenvalue weighted by molar-refractivity contribution is -0.139. The lowest BCUT2D eigenvalue weighted by Crippen LogP contribution is -2.08. The van der Waals surface area contributed by atoms with E-state index in [1.54, 1.807) is 31.5 Å². The van der Waals surface area contributed by atoms with Crippen LogP contribution in [0.2, 0.25) is 0 Å². The normalized spacial score (nSPS) is 11.0.